The summed E-state index contributed by atoms with van der Waals surface area (Å²) >= 11 is 1.16. The van der Waals surface area contributed by atoms with E-state index in [1.54, 1.807) is 31.2 Å². The van der Waals surface area contributed by atoms with Gasteiger partial charge in [-0.1, -0.05) is 23.4 Å². The molecule has 0 aliphatic carbocycles. The van der Waals surface area contributed by atoms with E-state index in [4.69, 9.17) is 4.52 Å². The number of aryl methyl sites for hydroxylation is 2. The van der Waals surface area contributed by atoms with Crippen LogP contribution in [0.2, 0.25) is 0 Å². The lowest BCUT2D eigenvalue weighted by Crippen LogP contribution is -2.34. The van der Waals surface area contributed by atoms with Crippen LogP contribution >= 0.6 is 11.5 Å². The maximum absolute atomic E-state index is 14.1. The van der Waals surface area contributed by atoms with Crippen molar-refractivity contribution < 1.29 is 13.7 Å². The molecule has 0 saturated carbocycles. The predicted molar refractivity (Wildman–Crippen MR) is 86.3 cm³/mol. The maximum atomic E-state index is 14.1. The van der Waals surface area contributed by atoms with Gasteiger partial charge in [-0.15, -0.1) is 0 Å². The summed E-state index contributed by atoms with van der Waals surface area (Å²) in [5, 5.41) is 9.70. The first kappa shape index (κ1) is 16.1. The van der Waals surface area contributed by atoms with Crippen LogP contribution in [-0.4, -0.2) is 20.5 Å². The fourth-order valence-corrected chi connectivity index (χ4v) is 2.78. The van der Waals surface area contributed by atoms with E-state index in [1.165, 1.54) is 6.07 Å². The summed E-state index contributed by atoms with van der Waals surface area (Å²) in [6, 6.07) is 6.44. The predicted octanol–water partition coefficient (Wildman–Crippen LogP) is 3.19. The van der Waals surface area contributed by atoms with Crippen molar-refractivity contribution in [3.63, 3.8) is 0 Å². The summed E-state index contributed by atoms with van der Waals surface area (Å²) in [6.07, 6.45) is 0. The zero-order valence-corrected chi connectivity index (χ0v) is 13.7. The second-order valence-corrected chi connectivity index (χ2v) is 5.86. The van der Waals surface area contributed by atoms with E-state index in [9.17, 15) is 9.18 Å². The molecule has 0 fully saturated rings. The van der Waals surface area contributed by atoms with Gasteiger partial charge in [0.2, 0.25) is 5.89 Å². The molecule has 0 unspecified atom stereocenters. The molecule has 0 bridgehead atoms. The minimum Gasteiger partial charge on any atom is -0.340 e. The molecule has 2 heterocycles. The van der Waals surface area contributed by atoms with Gasteiger partial charge in [-0.2, -0.15) is 9.36 Å². The number of hydrogen-bond donors (Lipinski definition) is 2. The van der Waals surface area contributed by atoms with Crippen molar-refractivity contribution in [3.8, 4) is 0 Å². The van der Waals surface area contributed by atoms with E-state index < -0.39 is 17.9 Å². The number of halogens is 1. The Morgan fingerprint density at radius 3 is 2.75 bits per heavy atom. The molecule has 2 amide bonds. The molecule has 0 spiro atoms. The molecule has 0 aliphatic rings. The molecule has 124 valence electrons. The molecule has 0 radical (unpaired) electrons. The second-order valence-electron chi connectivity index (χ2n) is 5.06. The van der Waals surface area contributed by atoms with Gasteiger partial charge in [-0.25, -0.2) is 9.18 Å². The summed E-state index contributed by atoms with van der Waals surface area (Å²) in [5.41, 5.74) is 1.05. The van der Waals surface area contributed by atoms with Gasteiger partial charge < -0.3 is 9.84 Å². The fraction of sp³-hybridized carbons (Fsp3) is 0.200. The van der Waals surface area contributed by atoms with E-state index in [0.29, 0.717) is 10.9 Å². The lowest BCUT2D eigenvalue weighted by Gasteiger charge is -2.16. The average molecular weight is 347 g/mol. The van der Waals surface area contributed by atoms with E-state index in [2.05, 4.69) is 25.1 Å². The number of benzene rings is 1. The molecule has 3 aromatic rings. The molecule has 2 N–H and O–H groups in total. The molecule has 2 aromatic heterocycles. The van der Waals surface area contributed by atoms with Gasteiger partial charge in [0.1, 0.15) is 16.9 Å². The number of nitrogens with one attached hydrogen (secondary N) is 2. The van der Waals surface area contributed by atoms with E-state index in [0.717, 1.165) is 17.2 Å². The first-order valence-electron chi connectivity index (χ1n) is 7.08. The van der Waals surface area contributed by atoms with Gasteiger partial charge in [0.05, 0.1) is 5.69 Å². The highest BCUT2D eigenvalue weighted by atomic mass is 32.1. The zero-order valence-electron chi connectivity index (χ0n) is 12.9. The summed E-state index contributed by atoms with van der Waals surface area (Å²) < 4.78 is 23.2. The Morgan fingerprint density at radius 2 is 2.12 bits per heavy atom. The molecule has 1 aromatic carbocycles. The Balaban J connectivity index is 1.85. The number of carbonyl (C=O) groups is 1. The number of urea groups is 1. The van der Waals surface area contributed by atoms with Crippen LogP contribution in [0.25, 0.3) is 0 Å². The van der Waals surface area contributed by atoms with Crippen molar-refractivity contribution in [1.29, 1.82) is 0 Å². The Hall–Kier alpha value is -2.81. The molecular formula is C15H14FN5O2S. The quantitative estimate of drug-likeness (QED) is 0.756. The second kappa shape index (κ2) is 6.75. The van der Waals surface area contributed by atoms with Crippen molar-refractivity contribution in [3.05, 3.63) is 59.1 Å². The smallest absolute Gasteiger partial charge is 0.320 e. The van der Waals surface area contributed by atoms with Gasteiger partial charge in [-0.05, 0) is 30.6 Å². The summed E-state index contributed by atoms with van der Waals surface area (Å²) in [7, 11) is 0. The first-order valence-corrected chi connectivity index (χ1v) is 7.86. The molecule has 9 heteroatoms. The average Bonchev–Trinajstić information content (AvgIpc) is 3.14. The molecule has 7 nitrogen and oxygen atoms in total. The SMILES string of the molecule is Cc1cc(NC(=O)N[C@@H](c2noc(C)n2)c2ccccc2F)sn1. The topological polar surface area (TPSA) is 92.9 Å². The van der Waals surface area contributed by atoms with Gasteiger partial charge in [0, 0.05) is 12.5 Å². The third kappa shape index (κ3) is 3.57. The van der Waals surface area contributed by atoms with Crippen LogP contribution in [0.5, 0.6) is 0 Å². The highest BCUT2D eigenvalue weighted by Crippen LogP contribution is 2.23. The Labute approximate surface area is 141 Å². The third-order valence-electron chi connectivity index (χ3n) is 3.16. The summed E-state index contributed by atoms with van der Waals surface area (Å²) in [5.74, 6) is 0.0266. The lowest BCUT2D eigenvalue weighted by molar-refractivity contribution is 0.249. The zero-order chi connectivity index (χ0) is 17.1. The van der Waals surface area contributed by atoms with Crippen LogP contribution < -0.4 is 10.6 Å². The van der Waals surface area contributed by atoms with Gasteiger partial charge in [0.25, 0.3) is 0 Å². The number of nitrogens with zero attached hydrogens (tertiary/aromatic N) is 3. The monoisotopic (exact) mass is 347 g/mol. The Kier molecular flexibility index (Phi) is 4.52. The van der Waals surface area contributed by atoms with Crippen molar-refractivity contribution in [1.82, 2.24) is 19.8 Å². The van der Waals surface area contributed by atoms with Crippen LogP contribution in [0.15, 0.2) is 34.9 Å². The van der Waals surface area contributed by atoms with E-state index in [1.807, 2.05) is 6.92 Å². The number of amides is 2. The van der Waals surface area contributed by atoms with Crippen LogP contribution in [0.3, 0.4) is 0 Å². The molecule has 3 rings (SSSR count). The van der Waals surface area contributed by atoms with Gasteiger partial charge >= 0.3 is 6.03 Å². The number of hydrogen-bond acceptors (Lipinski definition) is 6. The van der Waals surface area contributed by atoms with Crippen LogP contribution in [0, 0.1) is 19.7 Å². The van der Waals surface area contributed by atoms with Gasteiger partial charge in [-0.3, -0.25) is 5.32 Å². The molecule has 24 heavy (non-hydrogen) atoms. The molecular weight excluding hydrogens is 333 g/mol. The van der Waals surface area contributed by atoms with Crippen LogP contribution in [0.4, 0.5) is 14.2 Å². The lowest BCUT2D eigenvalue weighted by atomic mass is 10.1. The van der Waals surface area contributed by atoms with Gasteiger partial charge in [0.15, 0.2) is 5.82 Å². The minimum atomic E-state index is -0.877. The van der Waals surface area contributed by atoms with Crippen molar-refractivity contribution >= 4 is 22.6 Å². The summed E-state index contributed by atoms with van der Waals surface area (Å²) in [6.45, 7) is 3.44. The van der Waals surface area contributed by atoms with Crippen LogP contribution in [0.1, 0.15) is 29.0 Å². The Bertz CT molecular complexity index is 863. The summed E-state index contributed by atoms with van der Waals surface area (Å²) in [4.78, 5) is 16.3. The number of anilines is 1. The minimum absolute atomic E-state index is 0.174. The largest absolute Gasteiger partial charge is 0.340 e. The first-order chi connectivity index (χ1) is 11.5. The normalized spacial score (nSPS) is 12.0. The molecule has 0 aliphatic heterocycles. The Morgan fingerprint density at radius 1 is 1.33 bits per heavy atom. The third-order valence-corrected chi connectivity index (χ3v) is 3.95. The van der Waals surface area contributed by atoms with Crippen molar-refractivity contribution in [2.75, 3.05) is 5.32 Å². The van der Waals surface area contributed by atoms with Crippen LogP contribution in [-0.2, 0) is 0 Å². The number of aromatic nitrogens is 3. The molecule has 0 saturated heterocycles. The number of carbonyl (C=O) groups excluding carboxylic acids is 1. The highest BCUT2D eigenvalue weighted by molar-refractivity contribution is 7.10. The number of rotatable bonds is 4. The van der Waals surface area contributed by atoms with Crippen molar-refractivity contribution in [2.45, 2.75) is 19.9 Å². The van der Waals surface area contributed by atoms with Crippen molar-refractivity contribution in [2.24, 2.45) is 0 Å². The standard InChI is InChI=1S/C15H14FN5O2S/c1-8-7-12(24-21-8)18-15(22)19-13(14-17-9(2)23-20-14)10-5-3-4-6-11(10)16/h3-7,13H,1-2H3,(H2,18,19,22)/t13-/m1/s1. The molecule has 1 atom stereocenters. The highest BCUT2D eigenvalue weighted by Gasteiger charge is 2.24. The van der Waals surface area contributed by atoms with E-state index >= 15 is 0 Å². The van der Waals surface area contributed by atoms with E-state index in [-0.39, 0.29) is 11.4 Å². The maximum Gasteiger partial charge on any atom is 0.320 e. The fourth-order valence-electron chi connectivity index (χ4n) is 2.12.